The fourth-order valence-electron chi connectivity index (χ4n) is 1.85. The van der Waals surface area contributed by atoms with Crippen LogP contribution >= 0.6 is 0 Å². The third kappa shape index (κ3) is 3.93. The molecule has 20 heavy (non-hydrogen) atoms. The number of aliphatic carboxylic acids is 1. The third-order valence-corrected chi connectivity index (χ3v) is 2.99. The maximum absolute atomic E-state index is 10.5. The molecule has 0 saturated carbocycles. The molecule has 0 amide bonds. The molecule has 5 nitrogen and oxygen atoms in total. The molecule has 1 N–H and O–H groups in total. The average molecular weight is 274 g/mol. The summed E-state index contributed by atoms with van der Waals surface area (Å²) in [7, 11) is 1.86. The van der Waals surface area contributed by atoms with E-state index in [4.69, 9.17) is 9.52 Å². The summed E-state index contributed by atoms with van der Waals surface area (Å²) in [4.78, 5) is 16.8. The van der Waals surface area contributed by atoms with Gasteiger partial charge in [-0.05, 0) is 26.1 Å². The second-order valence-electron chi connectivity index (χ2n) is 4.89. The number of aromatic nitrogens is 1. The van der Waals surface area contributed by atoms with Crippen molar-refractivity contribution in [2.24, 2.45) is 0 Å². The summed E-state index contributed by atoms with van der Waals surface area (Å²) in [6.07, 6.45) is 1.74. The largest absolute Gasteiger partial charge is 0.481 e. The van der Waals surface area contributed by atoms with Crippen molar-refractivity contribution in [3.8, 4) is 11.5 Å². The van der Waals surface area contributed by atoms with Crippen molar-refractivity contribution in [2.45, 2.75) is 19.9 Å². The molecule has 0 unspecified atom stereocenters. The Labute approximate surface area is 117 Å². The van der Waals surface area contributed by atoms with Crippen LogP contribution in [-0.4, -0.2) is 34.6 Å². The molecule has 0 saturated heterocycles. The van der Waals surface area contributed by atoms with E-state index >= 15 is 0 Å². The smallest absolute Gasteiger partial charge is 0.304 e. The van der Waals surface area contributed by atoms with Crippen LogP contribution in [-0.2, 0) is 11.3 Å². The van der Waals surface area contributed by atoms with Gasteiger partial charge in [-0.2, -0.15) is 0 Å². The Morgan fingerprint density at radius 3 is 2.70 bits per heavy atom. The minimum atomic E-state index is -0.794. The van der Waals surface area contributed by atoms with Crippen LogP contribution in [0.4, 0.5) is 0 Å². The summed E-state index contributed by atoms with van der Waals surface area (Å²) in [6.45, 7) is 3.09. The first-order valence-corrected chi connectivity index (χ1v) is 6.46. The van der Waals surface area contributed by atoms with Gasteiger partial charge >= 0.3 is 5.97 Å². The monoisotopic (exact) mass is 274 g/mol. The van der Waals surface area contributed by atoms with E-state index in [0.717, 1.165) is 11.3 Å². The van der Waals surface area contributed by atoms with Crippen molar-refractivity contribution in [3.63, 3.8) is 0 Å². The molecule has 0 spiro atoms. The molecular weight excluding hydrogens is 256 g/mol. The van der Waals surface area contributed by atoms with Crippen LogP contribution in [0, 0.1) is 6.92 Å². The van der Waals surface area contributed by atoms with Crippen LogP contribution in [0.3, 0.4) is 0 Å². The molecule has 2 rings (SSSR count). The minimum absolute atomic E-state index is 0.124. The zero-order valence-corrected chi connectivity index (χ0v) is 11.7. The van der Waals surface area contributed by atoms with Gasteiger partial charge in [0.1, 0.15) is 6.26 Å². The van der Waals surface area contributed by atoms with E-state index in [1.807, 2.05) is 43.1 Å². The molecule has 0 fully saturated rings. The van der Waals surface area contributed by atoms with Gasteiger partial charge in [-0.3, -0.25) is 9.69 Å². The van der Waals surface area contributed by atoms with Gasteiger partial charge in [-0.1, -0.05) is 17.7 Å². The summed E-state index contributed by atoms with van der Waals surface area (Å²) in [5.41, 5.74) is 2.93. The first-order chi connectivity index (χ1) is 9.54. The zero-order valence-electron chi connectivity index (χ0n) is 11.7. The average Bonchev–Trinajstić information content (AvgIpc) is 2.85. The van der Waals surface area contributed by atoms with Crippen molar-refractivity contribution >= 4 is 5.97 Å². The van der Waals surface area contributed by atoms with Gasteiger partial charge in [0.15, 0.2) is 0 Å². The molecule has 1 heterocycles. The van der Waals surface area contributed by atoms with Gasteiger partial charge in [-0.25, -0.2) is 4.98 Å². The maximum Gasteiger partial charge on any atom is 0.304 e. The summed E-state index contributed by atoms with van der Waals surface area (Å²) >= 11 is 0. The van der Waals surface area contributed by atoms with Gasteiger partial charge in [0.25, 0.3) is 0 Å². The zero-order chi connectivity index (χ0) is 14.5. The van der Waals surface area contributed by atoms with E-state index in [2.05, 4.69) is 4.98 Å². The Morgan fingerprint density at radius 2 is 2.05 bits per heavy atom. The number of benzene rings is 1. The second kappa shape index (κ2) is 6.34. The summed E-state index contributed by atoms with van der Waals surface area (Å²) in [5, 5.41) is 8.64. The van der Waals surface area contributed by atoms with Gasteiger partial charge in [0.2, 0.25) is 5.89 Å². The van der Waals surface area contributed by atoms with Crippen molar-refractivity contribution in [2.75, 3.05) is 13.6 Å². The predicted octanol–water partition coefficient (Wildman–Crippen LogP) is 2.56. The molecule has 0 radical (unpaired) electrons. The van der Waals surface area contributed by atoms with Crippen LogP contribution in [0.1, 0.15) is 17.7 Å². The first-order valence-electron chi connectivity index (χ1n) is 6.46. The lowest BCUT2D eigenvalue weighted by Crippen LogP contribution is -2.21. The molecular formula is C15H18N2O3. The Bertz CT molecular complexity index is 575. The lowest BCUT2D eigenvalue weighted by atomic mass is 10.1. The van der Waals surface area contributed by atoms with Crippen molar-refractivity contribution in [3.05, 3.63) is 41.8 Å². The Hall–Kier alpha value is -2.14. The normalized spacial score (nSPS) is 10.9. The van der Waals surface area contributed by atoms with Crippen molar-refractivity contribution in [1.29, 1.82) is 0 Å². The minimum Gasteiger partial charge on any atom is -0.481 e. The summed E-state index contributed by atoms with van der Waals surface area (Å²) < 4.78 is 5.46. The topological polar surface area (TPSA) is 66.6 Å². The molecule has 5 heteroatoms. The number of nitrogens with zero attached hydrogens (tertiary/aromatic N) is 2. The van der Waals surface area contributed by atoms with E-state index in [0.29, 0.717) is 19.0 Å². The first kappa shape index (κ1) is 14.3. The van der Waals surface area contributed by atoms with Crippen molar-refractivity contribution in [1.82, 2.24) is 9.88 Å². The highest BCUT2D eigenvalue weighted by Crippen LogP contribution is 2.19. The molecule has 0 bridgehead atoms. The molecule has 0 aliphatic heterocycles. The Kier molecular flexibility index (Phi) is 4.53. The molecule has 0 atom stereocenters. The number of carbonyl (C=O) groups is 1. The number of rotatable bonds is 6. The van der Waals surface area contributed by atoms with E-state index in [-0.39, 0.29) is 6.42 Å². The lowest BCUT2D eigenvalue weighted by Gasteiger charge is -2.12. The molecule has 2 aromatic rings. The van der Waals surface area contributed by atoms with Crippen LogP contribution in [0.5, 0.6) is 0 Å². The number of oxazole rings is 1. The number of carboxylic acids is 1. The highest BCUT2D eigenvalue weighted by atomic mass is 16.4. The van der Waals surface area contributed by atoms with Gasteiger partial charge < -0.3 is 9.52 Å². The van der Waals surface area contributed by atoms with Crippen LogP contribution in [0.2, 0.25) is 0 Å². The fourth-order valence-corrected chi connectivity index (χ4v) is 1.85. The van der Waals surface area contributed by atoms with Gasteiger partial charge in [0.05, 0.1) is 12.1 Å². The van der Waals surface area contributed by atoms with Crippen molar-refractivity contribution < 1.29 is 14.3 Å². The molecule has 1 aromatic heterocycles. The number of hydrogen-bond acceptors (Lipinski definition) is 4. The molecule has 0 aliphatic carbocycles. The number of aryl methyl sites for hydroxylation is 1. The second-order valence-corrected chi connectivity index (χ2v) is 4.89. The number of carboxylic acid groups (broad SMARTS) is 1. The number of hydrogen-bond donors (Lipinski definition) is 1. The summed E-state index contributed by atoms with van der Waals surface area (Å²) in [6, 6.07) is 7.97. The predicted molar refractivity (Wildman–Crippen MR) is 75.3 cm³/mol. The Balaban J connectivity index is 1.98. The van der Waals surface area contributed by atoms with E-state index < -0.39 is 5.97 Å². The molecule has 0 aliphatic rings. The Morgan fingerprint density at radius 1 is 1.35 bits per heavy atom. The maximum atomic E-state index is 10.5. The van der Waals surface area contributed by atoms with Gasteiger partial charge in [-0.15, -0.1) is 0 Å². The SMILES string of the molecule is Cc1ccc(-c2nc(CN(C)CCC(=O)O)co2)cc1. The van der Waals surface area contributed by atoms with E-state index in [1.165, 1.54) is 5.56 Å². The van der Waals surface area contributed by atoms with Crippen LogP contribution in [0.15, 0.2) is 34.9 Å². The molecule has 106 valence electrons. The highest BCUT2D eigenvalue weighted by Gasteiger charge is 2.09. The standard InChI is InChI=1S/C15H18N2O3/c1-11-3-5-12(6-4-11)15-16-13(10-20-15)9-17(2)8-7-14(18)19/h3-6,10H,7-9H2,1-2H3,(H,18,19). The fraction of sp³-hybridized carbons (Fsp3) is 0.333. The van der Waals surface area contributed by atoms with E-state index in [1.54, 1.807) is 6.26 Å². The molecule has 1 aromatic carbocycles. The lowest BCUT2D eigenvalue weighted by molar-refractivity contribution is -0.137. The van der Waals surface area contributed by atoms with Crippen LogP contribution < -0.4 is 0 Å². The quantitative estimate of drug-likeness (QED) is 0.876. The summed E-state index contributed by atoms with van der Waals surface area (Å²) in [5.74, 6) is -0.205. The van der Waals surface area contributed by atoms with Crippen LogP contribution in [0.25, 0.3) is 11.5 Å². The third-order valence-electron chi connectivity index (χ3n) is 2.99. The van der Waals surface area contributed by atoms with Gasteiger partial charge in [0, 0.05) is 18.7 Å². The highest BCUT2D eigenvalue weighted by molar-refractivity contribution is 5.66. The van der Waals surface area contributed by atoms with E-state index in [9.17, 15) is 4.79 Å².